The van der Waals surface area contributed by atoms with Crippen LogP contribution in [0.15, 0.2) is 18.2 Å². The highest BCUT2D eigenvalue weighted by Gasteiger charge is 2.11. The summed E-state index contributed by atoms with van der Waals surface area (Å²) in [5, 5.41) is 10.7. The Bertz CT molecular complexity index is 451. The lowest BCUT2D eigenvalue weighted by Gasteiger charge is -2.05. The molecule has 18 heavy (non-hydrogen) atoms. The third-order valence-electron chi connectivity index (χ3n) is 2.30. The van der Waals surface area contributed by atoms with Gasteiger partial charge in [0.25, 0.3) is 5.69 Å². The Morgan fingerprint density at radius 2 is 2.17 bits per heavy atom. The molecule has 0 saturated carbocycles. The van der Waals surface area contributed by atoms with Gasteiger partial charge in [0.2, 0.25) is 0 Å². The zero-order valence-corrected chi connectivity index (χ0v) is 10.9. The Morgan fingerprint density at radius 3 is 2.72 bits per heavy atom. The zero-order valence-electron chi connectivity index (χ0n) is 10.1. The van der Waals surface area contributed by atoms with Gasteiger partial charge in [-0.05, 0) is 24.6 Å². The number of hydrogen-bond donors (Lipinski definition) is 1. The van der Waals surface area contributed by atoms with Crippen LogP contribution in [0.25, 0.3) is 0 Å². The molecule has 0 radical (unpaired) electrons. The van der Waals surface area contributed by atoms with E-state index in [1.54, 1.807) is 6.07 Å². The summed E-state index contributed by atoms with van der Waals surface area (Å²) in [6.45, 7) is 0.490. The van der Waals surface area contributed by atoms with Crippen LogP contribution in [0.2, 0.25) is 0 Å². The number of nitrogens with two attached hydrogens (primary N) is 1. The molecule has 1 rings (SSSR count). The zero-order chi connectivity index (χ0) is 13.5. The van der Waals surface area contributed by atoms with Crippen molar-refractivity contribution in [1.29, 1.82) is 0 Å². The monoisotopic (exact) mass is 272 g/mol. The Kier molecular flexibility index (Phi) is 5.73. The van der Waals surface area contributed by atoms with E-state index in [0.717, 1.165) is 0 Å². The fourth-order valence-electron chi connectivity index (χ4n) is 1.45. The van der Waals surface area contributed by atoms with E-state index < -0.39 is 15.7 Å². The van der Waals surface area contributed by atoms with Gasteiger partial charge in [-0.15, -0.1) is 0 Å². The van der Waals surface area contributed by atoms with E-state index in [1.165, 1.54) is 19.2 Å². The van der Waals surface area contributed by atoms with Crippen molar-refractivity contribution in [3.05, 3.63) is 33.9 Å². The molecule has 0 spiro atoms. The topological polar surface area (TPSA) is 95.5 Å². The van der Waals surface area contributed by atoms with Gasteiger partial charge in [0.1, 0.15) is 5.75 Å². The van der Waals surface area contributed by atoms with Gasteiger partial charge < -0.3 is 10.5 Å². The van der Waals surface area contributed by atoms with Gasteiger partial charge in [-0.1, -0.05) is 0 Å². The van der Waals surface area contributed by atoms with Crippen LogP contribution in [0.1, 0.15) is 12.0 Å². The summed E-state index contributed by atoms with van der Waals surface area (Å²) in [5.74, 6) is 1.18. The van der Waals surface area contributed by atoms with Crippen LogP contribution in [0.3, 0.4) is 0 Å². The lowest BCUT2D eigenvalue weighted by Crippen LogP contribution is -2.07. The fraction of sp³-hybridized carbons (Fsp3) is 0.455. The molecule has 1 aromatic rings. The van der Waals surface area contributed by atoms with Crippen LogP contribution in [-0.4, -0.2) is 28.5 Å². The Morgan fingerprint density at radius 1 is 1.44 bits per heavy atom. The molecule has 7 heteroatoms. The number of benzene rings is 1. The lowest BCUT2D eigenvalue weighted by atomic mass is 10.2. The SMILES string of the molecule is COc1cc(CS(=O)CCCN)cc([N+](=O)[O-])c1. The van der Waals surface area contributed by atoms with Gasteiger partial charge in [-0.25, -0.2) is 0 Å². The van der Waals surface area contributed by atoms with Gasteiger partial charge in [0.15, 0.2) is 0 Å². The van der Waals surface area contributed by atoms with Crippen LogP contribution in [-0.2, 0) is 16.6 Å². The molecule has 0 fully saturated rings. The van der Waals surface area contributed by atoms with Gasteiger partial charge in [0.05, 0.1) is 18.1 Å². The third kappa shape index (κ3) is 4.42. The molecule has 6 nitrogen and oxygen atoms in total. The molecule has 0 saturated heterocycles. The summed E-state index contributed by atoms with van der Waals surface area (Å²) in [6.07, 6.45) is 0.679. The molecule has 0 aromatic heterocycles. The number of methoxy groups -OCH3 is 1. The quantitative estimate of drug-likeness (QED) is 0.594. The van der Waals surface area contributed by atoms with Crippen molar-refractivity contribution in [2.45, 2.75) is 12.2 Å². The second-order valence-corrected chi connectivity index (χ2v) is 5.30. The minimum atomic E-state index is -1.06. The van der Waals surface area contributed by atoms with Crippen molar-refractivity contribution in [1.82, 2.24) is 0 Å². The van der Waals surface area contributed by atoms with Crippen LogP contribution >= 0.6 is 0 Å². The minimum absolute atomic E-state index is 0.0554. The van der Waals surface area contributed by atoms with Gasteiger partial charge in [-0.2, -0.15) is 0 Å². The fourth-order valence-corrected chi connectivity index (χ4v) is 2.62. The maximum Gasteiger partial charge on any atom is 0.273 e. The molecule has 0 heterocycles. The van der Waals surface area contributed by atoms with E-state index in [0.29, 0.717) is 30.0 Å². The smallest absolute Gasteiger partial charge is 0.273 e. The first-order valence-corrected chi connectivity index (χ1v) is 6.93. The molecule has 1 atom stereocenters. The van der Waals surface area contributed by atoms with Crippen molar-refractivity contribution in [3.63, 3.8) is 0 Å². The van der Waals surface area contributed by atoms with E-state index in [2.05, 4.69) is 0 Å². The molecular formula is C11H16N2O4S. The highest BCUT2D eigenvalue weighted by molar-refractivity contribution is 7.84. The molecule has 1 aromatic carbocycles. The number of nitrogens with zero attached hydrogens (tertiary/aromatic N) is 1. The van der Waals surface area contributed by atoms with Gasteiger partial charge in [-0.3, -0.25) is 14.3 Å². The lowest BCUT2D eigenvalue weighted by molar-refractivity contribution is -0.385. The normalized spacial score (nSPS) is 12.1. The van der Waals surface area contributed by atoms with Crippen molar-refractivity contribution in [2.75, 3.05) is 19.4 Å². The summed E-state index contributed by atoms with van der Waals surface area (Å²) >= 11 is 0. The number of non-ortho nitro benzene ring substituents is 1. The predicted molar refractivity (Wildman–Crippen MR) is 70.0 cm³/mol. The van der Waals surface area contributed by atoms with Crippen LogP contribution in [0.5, 0.6) is 5.75 Å². The first kappa shape index (κ1) is 14.6. The van der Waals surface area contributed by atoms with Gasteiger partial charge in [0, 0.05) is 28.4 Å². The first-order valence-electron chi connectivity index (χ1n) is 5.44. The second kappa shape index (κ2) is 7.07. The standard InChI is InChI=1S/C11H16N2O4S/c1-17-11-6-9(5-10(7-11)13(14)15)8-18(16)4-2-3-12/h5-7H,2-4,8,12H2,1H3. The number of nitro benzene ring substituents is 1. The molecule has 0 aliphatic rings. The summed E-state index contributed by atoms with van der Waals surface area (Å²) in [7, 11) is 0.378. The first-order chi connectivity index (χ1) is 8.56. The van der Waals surface area contributed by atoms with Crippen molar-refractivity contribution in [2.24, 2.45) is 5.73 Å². The van der Waals surface area contributed by atoms with E-state index >= 15 is 0 Å². The third-order valence-corrected chi connectivity index (χ3v) is 3.70. The Labute approximate surface area is 108 Å². The summed E-state index contributed by atoms with van der Waals surface area (Å²) in [5.41, 5.74) is 5.92. The van der Waals surface area contributed by atoms with Crippen LogP contribution < -0.4 is 10.5 Å². The predicted octanol–water partition coefficient (Wildman–Crippen LogP) is 1.20. The van der Waals surface area contributed by atoms with Gasteiger partial charge >= 0.3 is 0 Å². The highest BCUT2D eigenvalue weighted by Crippen LogP contribution is 2.23. The number of rotatable bonds is 7. The Hall–Kier alpha value is -1.47. The van der Waals surface area contributed by atoms with Crippen molar-refractivity contribution in [3.8, 4) is 5.75 Å². The largest absolute Gasteiger partial charge is 0.496 e. The molecule has 0 aliphatic carbocycles. The minimum Gasteiger partial charge on any atom is -0.496 e. The van der Waals surface area contributed by atoms with Crippen LogP contribution in [0.4, 0.5) is 5.69 Å². The average molecular weight is 272 g/mol. The van der Waals surface area contributed by atoms with Crippen molar-refractivity contribution < 1.29 is 13.9 Å². The maximum absolute atomic E-state index is 11.7. The number of nitro groups is 1. The molecule has 100 valence electrons. The summed E-state index contributed by atoms with van der Waals surface area (Å²) in [6, 6.07) is 4.42. The molecule has 2 N–H and O–H groups in total. The van der Waals surface area contributed by atoms with Crippen molar-refractivity contribution >= 4 is 16.5 Å². The highest BCUT2D eigenvalue weighted by atomic mass is 32.2. The molecule has 1 unspecified atom stereocenters. The van der Waals surface area contributed by atoms with E-state index in [1.807, 2.05) is 0 Å². The van der Waals surface area contributed by atoms with E-state index in [4.69, 9.17) is 10.5 Å². The molecule has 0 aliphatic heterocycles. The molecular weight excluding hydrogens is 256 g/mol. The van der Waals surface area contributed by atoms with Crippen LogP contribution in [0, 0.1) is 10.1 Å². The summed E-state index contributed by atoms with van der Waals surface area (Å²) < 4.78 is 16.7. The second-order valence-electron chi connectivity index (χ2n) is 3.73. The number of hydrogen-bond acceptors (Lipinski definition) is 5. The maximum atomic E-state index is 11.7. The van der Waals surface area contributed by atoms with E-state index in [9.17, 15) is 14.3 Å². The average Bonchev–Trinajstić information content (AvgIpc) is 2.35. The molecule has 0 bridgehead atoms. The number of ether oxygens (including phenoxy) is 1. The summed E-state index contributed by atoms with van der Waals surface area (Å²) in [4.78, 5) is 10.2. The van der Waals surface area contributed by atoms with E-state index in [-0.39, 0.29) is 11.4 Å². The Balaban J connectivity index is 2.84. The molecule has 0 amide bonds.